The molecule has 1 aliphatic rings. The second kappa shape index (κ2) is 10.8. The Labute approximate surface area is 168 Å². The van der Waals surface area contributed by atoms with Crippen LogP contribution in [0, 0.1) is 5.92 Å². The van der Waals surface area contributed by atoms with E-state index in [0.717, 1.165) is 6.54 Å². The lowest BCUT2D eigenvalue weighted by Crippen LogP contribution is -2.45. The maximum absolute atomic E-state index is 12.7. The average molecular weight is 420 g/mol. The summed E-state index contributed by atoms with van der Waals surface area (Å²) in [6, 6.07) is 6.60. The van der Waals surface area contributed by atoms with Crippen LogP contribution in [-0.2, 0) is 14.8 Å². The van der Waals surface area contributed by atoms with Gasteiger partial charge in [0, 0.05) is 31.6 Å². The van der Waals surface area contributed by atoms with Gasteiger partial charge in [0.05, 0.1) is 12.0 Å². The van der Waals surface area contributed by atoms with Crippen molar-refractivity contribution in [1.29, 1.82) is 0 Å². The van der Waals surface area contributed by atoms with Crippen molar-refractivity contribution in [2.24, 2.45) is 5.92 Å². The fourth-order valence-electron chi connectivity index (χ4n) is 3.07. The number of piperidine rings is 1. The molecule has 1 atom stereocenters. The van der Waals surface area contributed by atoms with E-state index in [1.165, 1.54) is 4.31 Å². The number of nitrogens with one attached hydrogen (secondary N) is 2. The van der Waals surface area contributed by atoms with E-state index in [0.29, 0.717) is 38.2 Å². The molecule has 1 heterocycles. The maximum atomic E-state index is 12.7. The molecule has 0 aliphatic carbocycles. The molecular weight excluding hydrogens is 390 g/mol. The Kier molecular flexibility index (Phi) is 9.52. The highest BCUT2D eigenvalue weighted by Crippen LogP contribution is 2.25. The van der Waals surface area contributed by atoms with E-state index in [1.807, 2.05) is 13.8 Å². The molecule has 27 heavy (non-hydrogen) atoms. The van der Waals surface area contributed by atoms with Crippen molar-refractivity contribution in [1.82, 2.24) is 14.9 Å². The molecule has 0 saturated carbocycles. The monoisotopic (exact) mass is 419 g/mol. The first-order chi connectivity index (χ1) is 12.4. The smallest absolute Gasteiger partial charge is 0.243 e. The van der Waals surface area contributed by atoms with Crippen molar-refractivity contribution in [2.45, 2.75) is 37.6 Å². The van der Waals surface area contributed by atoms with Crippen LogP contribution in [0.2, 0.25) is 0 Å². The molecule has 0 bridgehead atoms. The molecule has 1 saturated heterocycles. The number of likely N-dealkylation sites (N-methyl/N-ethyl adjacent to an activating group) is 1. The highest BCUT2D eigenvalue weighted by atomic mass is 35.5. The standard InChI is InChI=1S/C18H29N3O4S.ClH/c1-4-19-14(2)13-20-18(22)15-9-11-21(12-10-15)26(23,24)17-7-5-16(25-3)6-8-17;/h5-8,14-15,19H,4,9-13H2,1-3H3,(H,20,22);1H/t14-;/m1./s1. The summed E-state index contributed by atoms with van der Waals surface area (Å²) in [6.07, 6.45) is 1.08. The summed E-state index contributed by atoms with van der Waals surface area (Å²) in [5, 5.41) is 6.20. The molecular formula is C18H30ClN3O4S. The number of halogens is 1. The zero-order chi connectivity index (χ0) is 19.2. The molecule has 2 rings (SSSR count). The van der Waals surface area contributed by atoms with Crippen LogP contribution >= 0.6 is 12.4 Å². The van der Waals surface area contributed by atoms with Gasteiger partial charge in [-0.3, -0.25) is 4.79 Å². The predicted molar refractivity (Wildman–Crippen MR) is 108 cm³/mol. The number of carbonyl (C=O) groups is 1. The number of benzene rings is 1. The molecule has 7 nitrogen and oxygen atoms in total. The first kappa shape index (κ1) is 23.7. The normalized spacial score (nSPS) is 17.0. The number of ether oxygens (including phenoxy) is 1. The van der Waals surface area contributed by atoms with Crippen LogP contribution in [0.3, 0.4) is 0 Å². The molecule has 1 aromatic rings. The van der Waals surface area contributed by atoms with Gasteiger partial charge in [-0.1, -0.05) is 6.92 Å². The second-order valence-corrected chi connectivity index (χ2v) is 8.50. The topological polar surface area (TPSA) is 87.7 Å². The largest absolute Gasteiger partial charge is 0.497 e. The van der Waals surface area contributed by atoms with Gasteiger partial charge in [-0.25, -0.2) is 8.42 Å². The van der Waals surface area contributed by atoms with Gasteiger partial charge in [-0.2, -0.15) is 4.31 Å². The third-order valence-electron chi connectivity index (χ3n) is 4.66. The number of hydrogen-bond acceptors (Lipinski definition) is 5. The number of sulfonamides is 1. The average Bonchev–Trinajstić information content (AvgIpc) is 2.66. The molecule has 0 radical (unpaired) electrons. The minimum Gasteiger partial charge on any atom is -0.497 e. The van der Waals surface area contributed by atoms with E-state index in [4.69, 9.17) is 4.74 Å². The number of nitrogens with zero attached hydrogens (tertiary/aromatic N) is 1. The van der Waals surface area contributed by atoms with E-state index in [2.05, 4.69) is 10.6 Å². The van der Waals surface area contributed by atoms with Gasteiger partial charge in [-0.05, 0) is 50.6 Å². The zero-order valence-corrected chi connectivity index (χ0v) is 17.7. The van der Waals surface area contributed by atoms with Gasteiger partial charge < -0.3 is 15.4 Å². The molecule has 0 unspecified atom stereocenters. The Bertz CT molecular complexity index is 689. The van der Waals surface area contributed by atoms with Gasteiger partial charge in [0.2, 0.25) is 15.9 Å². The Balaban J connectivity index is 0.00000364. The third kappa shape index (κ3) is 6.34. The molecule has 1 amide bonds. The molecule has 0 spiro atoms. The van der Waals surface area contributed by atoms with E-state index < -0.39 is 10.0 Å². The lowest BCUT2D eigenvalue weighted by atomic mass is 9.97. The summed E-state index contributed by atoms with van der Waals surface area (Å²) in [6.45, 7) is 6.20. The Morgan fingerprint density at radius 1 is 1.26 bits per heavy atom. The summed E-state index contributed by atoms with van der Waals surface area (Å²) in [4.78, 5) is 12.5. The minimum absolute atomic E-state index is 0. The summed E-state index contributed by atoms with van der Waals surface area (Å²) in [5.74, 6) is 0.494. The van der Waals surface area contributed by atoms with Crippen LogP contribution in [0.25, 0.3) is 0 Å². The summed E-state index contributed by atoms with van der Waals surface area (Å²) >= 11 is 0. The van der Waals surface area contributed by atoms with Gasteiger partial charge in [-0.15, -0.1) is 12.4 Å². The van der Waals surface area contributed by atoms with Crippen LogP contribution in [0.1, 0.15) is 26.7 Å². The predicted octanol–water partition coefficient (Wildman–Crippen LogP) is 1.63. The Hall–Kier alpha value is -1.35. The first-order valence-electron chi connectivity index (χ1n) is 9.03. The van der Waals surface area contributed by atoms with Gasteiger partial charge in [0.1, 0.15) is 5.75 Å². The molecule has 1 aliphatic heterocycles. The molecule has 1 fully saturated rings. The molecule has 9 heteroatoms. The highest BCUT2D eigenvalue weighted by molar-refractivity contribution is 7.89. The number of methoxy groups -OCH3 is 1. The molecule has 2 N–H and O–H groups in total. The van der Waals surface area contributed by atoms with E-state index in [1.54, 1.807) is 31.4 Å². The van der Waals surface area contributed by atoms with Crippen molar-refractivity contribution < 1.29 is 17.9 Å². The highest BCUT2D eigenvalue weighted by Gasteiger charge is 2.32. The fraction of sp³-hybridized carbons (Fsp3) is 0.611. The number of carbonyl (C=O) groups excluding carboxylic acids is 1. The summed E-state index contributed by atoms with van der Waals surface area (Å²) < 4.78 is 32.0. The summed E-state index contributed by atoms with van der Waals surface area (Å²) in [7, 11) is -1.99. The zero-order valence-electron chi connectivity index (χ0n) is 16.1. The van der Waals surface area contributed by atoms with Gasteiger partial charge in [0.15, 0.2) is 0 Å². The van der Waals surface area contributed by atoms with Crippen molar-refractivity contribution in [3.05, 3.63) is 24.3 Å². The van der Waals surface area contributed by atoms with Crippen LogP contribution in [0.15, 0.2) is 29.2 Å². The van der Waals surface area contributed by atoms with Crippen LogP contribution in [-0.4, -0.2) is 58.0 Å². The van der Waals surface area contributed by atoms with Crippen LogP contribution < -0.4 is 15.4 Å². The fourth-order valence-corrected chi connectivity index (χ4v) is 4.54. The lowest BCUT2D eigenvalue weighted by Gasteiger charge is -2.30. The lowest BCUT2D eigenvalue weighted by molar-refractivity contribution is -0.126. The van der Waals surface area contributed by atoms with Crippen molar-refractivity contribution in [3.63, 3.8) is 0 Å². The van der Waals surface area contributed by atoms with Crippen LogP contribution in [0.4, 0.5) is 0 Å². The number of rotatable bonds is 8. The van der Waals surface area contributed by atoms with Crippen molar-refractivity contribution in [3.8, 4) is 5.75 Å². The number of amides is 1. The SMILES string of the molecule is CCN[C@H](C)CNC(=O)C1CCN(S(=O)(=O)c2ccc(OC)cc2)CC1.Cl. The van der Waals surface area contributed by atoms with Gasteiger partial charge >= 0.3 is 0 Å². The molecule has 154 valence electrons. The number of hydrogen-bond donors (Lipinski definition) is 2. The van der Waals surface area contributed by atoms with Crippen LogP contribution in [0.5, 0.6) is 5.75 Å². The minimum atomic E-state index is -3.53. The quantitative estimate of drug-likeness (QED) is 0.668. The van der Waals surface area contributed by atoms with E-state index in [9.17, 15) is 13.2 Å². The Morgan fingerprint density at radius 2 is 1.85 bits per heavy atom. The molecule has 1 aromatic carbocycles. The summed E-state index contributed by atoms with van der Waals surface area (Å²) in [5.41, 5.74) is 0. The molecule has 0 aromatic heterocycles. The van der Waals surface area contributed by atoms with Gasteiger partial charge in [0.25, 0.3) is 0 Å². The third-order valence-corrected chi connectivity index (χ3v) is 6.57. The second-order valence-electron chi connectivity index (χ2n) is 6.56. The van der Waals surface area contributed by atoms with Crippen molar-refractivity contribution >= 4 is 28.3 Å². The van der Waals surface area contributed by atoms with Crippen molar-refractivity contribution in [2.75, 3.05) is 33.3 Å². The van der Waals surface area contributed by atoms with E-state index in [-0.39, 0.29) is 35.2 Å². The Morgan fingerprint density at radius 3 is 2.37 bits per heavy atom. The first-order valence-corrected chi connectivity index (χ1v) is 10.5. The van der Waals surface area contributed by atoms with E-state index >= 15 is 0 Å². The maximum Gasteiger partial charge on any atom is 0.243 e.